The third kappa shape index (κ3) is 4.97. The van der Waals surface area contributed by atoms with Crippen molar-refractivity contribution >= 4 is 44.8 Å². The predicted octanol–water partition coefficient (Wildman–Crippen LogP) is 3.14. The van der Waals surface area contributed by atoms with Gasteiger partial charge in [-0.3, -0.25) is 4.79 Å². The van der Waals surface area contributed by atoms with E-state index in [1.165, 1.54) is 0 Å². The van der Waals surface area contributed by atoms with E-state index in [0.717, 1.165) is 27.2 Å². The zero-order valence-corrected chi connectivity index (χ0v) is 21.4. The van der Waals surface area contributed by atoms with Crippen LogP contribution in [0.4, 0.5) is 5.69 Å². The zero-order valence-electron chi connectivity index (χ0n) is 19.1. The second kappa shape index (κ2) is 9.69. The summed E-state index contributed by atoms with van der Waals surface area (Å²) in [5, 5.41) is 3.74. The van der Waals surface area contributed by atoms with Crippen LogP contribution < -0.4 is 10.2 Å². The van der Waals surface area contributed by atoms with Crippen LogP contribution >= 0.6 is 23.2 Å². The topological polar surface area (TPSA) is 70.9 Å². The fourth-order valence-corrected chi connectivity index (χ4v) is 6.52. The Morgan fingerprint density at radius 1 is 1.03 bits per heavy atom. The van der Waals surface area contributed by atoms with Crippen LogP contribution in [0.5, 0.6) is 0 Å². The zero-order chi connectivity index (χ0) is 23.8. The van der Waals surface area contributed by atoms with Gasteiger partial charge in [-0.25, -0.2) is 8.42 Å². The molecule has 1 amide bonds. The lowest BCUT2D eigenvalue weighted by molar-refractivity contribution is -0.917. The lowest BCUT2D eigenvalue weighted by Crippen LogP contribution is -3.19. The van der Waals surface area contributed by atoms with E-state index in [4.69, 9.17) is 23.2 Å². The monoisotopic (exact) mass is 498 g/mol. The maximum Gasteiger partial charge on any atom is 0.282 e. The summed E-state index contributed by atoms with van der Waals surface area (Å²) in [4.78, 5) is 14.2. The van der Waals surface area contributed by atoms with Gasteiger partial charge in [-0.1, -0.05) is 29.3 Å². The minimum absolute atomic E-state index is 0.179. The van der Waals surface area contributed by atoms with E-state index in [9.17, 15) is 13.2 Å². The van der Waals surface area contributed by atoms with E-state index < -0.39 is 10.0 Å². The van der Waals surface area contributed by atoms with Crippen molar-refractivity contribution in [3.8, 4) is 0 Å². The second-order valence-corrected chi connectivity index (χ2v) is 11.2. The molecule has 2 N–H and O–H groups in total. The highest BCUT2D eigenvalue weighted by Gasteiger charge is 2.36. The normalized spacial score (nSPS) is 16.7. The fourth-order valence-electron chi connectivity index (χ4n) is 4.16. The molecule has 0 aromatic heterocycles. The molecule has 0 unspecified atom stereocenters. The van der Waals surface area contributed by atoms with Crippen molar-refractivity contribution in [1.29, 1.82) is 0 Å². The van der Waals surface area contributed by atoms with Gasteiger partial charge in [0.15, 0.2) is 6.04 Å². The van der Waals surface area contributed by atoms with Gasteiger partial charge in [0.2, 0.25) is 10.0 Å². The summed E-state index contributed by atoms with van der Waals surface area (Å²) < 4.78 is 28.5. The van der Waals surface area contributed by atoms with Crippen LogP contribution in [-0.2, 0) is 14.8 Å². The number of aryl methyl sites for hydroxylation is 2. The minimum atomic E-state index is -3.61. The number of quaternary nitrogens is 1. The summed E-state index contributed by atoms with van der Waals surface area (Å²) in [6.45, 7) is 11.3. The summed E-state index contributed by atoms with van der Waals surface area (Å²) in [5.41, 5.74) is 4.02. The number of sulfonamides is 1. The van der Waals surface area contributed by atoms with Gasteiger partial charge < -0.3 is 10.2 Å². The molecule has 32 heavy (non-hydrogen) atoms. The molecule has 6 nitrogen and oxygen atoms in total. The number of hydrogen-bond donors (Lipinski definition) is 2. The standard InChI is InChI=1S/C23H29Cl2N3O3S/c1-14-12-15(2)17(4)22(16(14)3)32(30,31)28-10-8-27(9-11-28)18(5)23(29)26-21-13-19(24)6-7-20(21)25/h6-7,12-13,18H,8-11H2,1-5H3,(H,26,29)/p+1/t18-/m0/s1. The molecule has 1 aliphatic rings. The Kier molecular flexibility index (Phi) is 7.57. The van der Waals surface area contributed by atoms with Gasteiger partial charge in [0, 0.05) is 5.02 Å². The summed E-state index contributed by atoms with van der Waals surface area (Å²) in [6.07, 6.45) is 0. The Morgan fingerprint density at radius 3 is 2.16 bits per heavy atom. The van der Waals surface area contributed by atoms with Crippen LogP contribution in [0, 0.1) is 27.7 Å². The molecule has 1 fully saturated rings. The van der Waals surface area contributed by atoms with Crippen LogP contribution in [0.25, 0.3) is 0 Å². The van der Waals surface area contributed by atoms with E-state index >= 15 is 0 Å². The van der Waals surface area contributed by atoms with Gasteiger partial charge >= 0.3 is 0 Å². The van der Waals surface area contributed by atoms with Crippen LogP contribution in [0.2, 0.25) is 10.0 Å². The molecule has 9 heteroatoms. The largest absolute Gasteiger partial charge is 0.323 e. The predicted molar refractivity (Wildman–Crippen MR) is 129 cm³/mol. The van der Waals surface area contributed by atoms with Crippen molar-refractivity contribution < 1.29 is 18.1 Å². The number of halogens is 2. The summed E-state index contributed by atoms with van der Waals surface area (Å²) in [6, 6.07) is 6.57. The average molecular weight is 499 g/mol. The quantitative estimate of drug-likeness (QED) is 0.664. The van der Waals surface area contributed by atoms with Gasteiger partial charge in [0.1, 0.15) is 0 Å². The van der Waals surface area contributed by atoms with Crippen LogP contribution in [0.1, 0.15) is 29.2 Å². The first-order valence-corrected chi connectivity index (χ1v) is 12.8. The van der Waals surface area contributed by atoms with Crippen molar-refractivity contribution in [2.24, 2.45) is 0 Å². The van der Waals surface area contributed by atoms with Gasteiger partial charge in [-0.05, 0) is 75.1 Å². The lowest BCUT2D eigenvalue weighted by Gasteiger charge is -2.34. The molecule has 1 atom stereocenters. The number of anilines is 1. The number of benzene rings is 2. The maximum absolute atomic E-state index is 13.5. The van der Waals surface area contributed by atoms with E-state index in [0.29, 0.717) is 46.8 Å². The molecule has 1 saturated heterocycles. The first-order valence-electron chi connectivity index (χ1n) is 10.6. The maximum atomic E-state index is 13.5. The SMILES string of the molecule is Cc1cc(C)c(C)c(S(=O)(=O)N2CC[NH+]([C@@H](C)C(=O)Nc3cc(Cl)ccc3Cl)CC2)c1C. The molecule has 0 aliphatic carbocycles. The second-order valence-electron chi connectivity index (χ2n) is 8.49. The highest BCUT2D eigenvalue weighted by atomic mass is 35.5. The van der Waals surface area contributed by atoms with Crippen molar-refractivity contribution in [2.75, 3.05) is 31.5 Å². The lowest BCUT2D eigenvalue weighted by atomic mass is 10.0. The number of piperazine rings is 1. The molecule has 0 saturated carbocycles. The summed E-state index contributed by atoms with van der Waals surface area (Å²) in [7, 11) is -3.61. The van der Waals surface area contributed by atoms with Gasteiger partial charge in [0.25, 0.3) is 5.91 Å². The third-order valence-electron chi connectivity index (χ3n) is 6.45. The van der Waals surface area contributed by atoms with Crippen LogP contribution in [0.15, 0.2) is 29.2 Å². The Balaban J connectivity index is 1.71. The number of rotatable bonds is 5. The van der Waals surface area contributed by atoms with Crippen molar-refractivity contribution in [3.63, 3.8) is 0 Å². The van der Waals surface area contributed by atoms with Crippen molar-refractivity contribution in [3.05, 3.63) is 56.6 Å². The molecular formula is C23H30Cl2N3O3S+. The molecule has 1 heterocycles. The Morgan fingerprint density at radius 2 is 1.59 bits per heavy atom. The number of nitrogens with zero attached hydrogens (tertiary/aromatic N) is 1. The molecule has 0 spiro atoms. The number of amides is 1. The van der Waals surface area contributed by atoms with E-state index in [1.807, 2.05) is 40.7 Å². The number of carbonyl (C=O) groups excluding carboxylic acids is 1. The number of nitrogens with one attached hydrogen (secondary N) is 2. The fraction of sp³-hybridized carbons (Fsp3) is 0.435. The van der Waals surface area contributed by atoms with E-state index in [-0.39, 0.29) is 11.9 Å². The Hall–Kier alpha value is -1.64. The summed E-state index contributed by atoms with van der Waals surface area (Å²) in [5.74, 6) is -0.179. The highest BCUT2D eigenvalue weighted by molar-refractivity contribution is 7.89. The number of hydrogen-bond acceptors (Lipinski definition) is 3. The molecule has 2 aromatic rings. The molecule has 0 bridgehead atoms. The Bertz CT molecular complexity index is 1120. The van der Waals surface area contributed by atoms with Crippen molar-refractivity contribution in [1.82, 2.24) is 4.31 Å². The number of carbonyl (C=O) groups is 1. The highest BCUT2D eigenvalue weighted by Crippen LogP contribution is 2.29. The summed E-state index contributed by atoms with van der Waals surface area (Å²) >= 11 is 12.2. The van der Waals surface area contributed by atoms with Crippen LogP contribution in [0.3, 0.4) is 0 Å². The van der Waals surface area contributed by atoms with E-state index in [2.05, 4.69) is 5.32 Å². The Labute approximate surface area is 200 Å². The molecule has 1 aliphatic heterocycles. The average Bonchev–Trinajstić information content (AvgIpc) is 2.74. The molecule has 0 radical (unpaired) electrons. The van der Waals surface area contributed by atoms with Crippen molar-refractivity contribution in [2.45, 2.75) is 45.6 Å². The molecule has 3 rings (SSSR count). The minimum Gasteiger partial charge on any atom is -0.323 e. The first-order chi connectivity index (χ1) is 14.9. The van der Waals surface area contributed by atoms with E-state index in [1.54, 1.807) is 22.5 Å². The molecule has 174 valence electrons. The van der Waals surface area contributed by atoms with Gasteiger partial charge in [0.05, 0.1) is 41.8 Å². The molecule has 2 aromatic carbocycles. The van der Waals surface area contributed by atoms with Gasteiger partial charge in [-0.15, -0.1) is 0 Å². The first kappa shape index (κ1) is 25.0. The smallest absolute Gasteiger partial charge is 0.282 e. The third-order valence-corrected chi connectivity index (χ3v) is 9.19. The molecular weight excluding hydrogens is 469 g/mol. The van der Waals surface area contributed by atoms with Crippen LogP contribution in [-0.4, -0.2) is 50.9 Å². The van der Waals surface area contributed by atoms with Gasteiger partial charge in [-0.2, -0.15) is 4.31 Å².